The molecule has 1 unspecified atom stereocenters. The predicted molar refractivity (Wildman–Crippen MR) is 152 cm³/mol. The molecule has 4 nitrogen and oxygen atoms in total. The molecule has 2 aromatic rings. The number of carbonyl (C=O) groups excluding carboxylic acids is 1. The number of benzene rings is 1. The van der Waals surface area contributed by atoms with Crippen molar-refractivity contribution >= 4 is 17.5 Å². The van der Waals surface area contributed by atoms with Crippen LogP contribution < -0.4 is 10.3 Å². The lowest BCUT2D eigenvalue weighted by molar-refractivity contribution is -0.639. The number of rotatable bonds is 3. The maximum Gasteiger partial charge on any atom is 0.273 e. The van der Waals surface area contributed by atoms with Crippen LogP contribution in [0.2, 0.25) is 5.15 Å². The quantitative estimate of drug-likeness (QED) is 0.432. The first kappa shape index (κ1) is 25.8. The number of nitrogens with one attached hydrogen (secondary N) is 1. The summed E-state index contributed by atoms with van der Waals surface area (Å²) in [6, 6.07) is 15.4. The molecule has 5 heteroatoms. The molecule has 2 saturated heterocycles. The van der Waals surface area contributed by atoms with E-state index in [1.807, 2.05) is 6.07 Å². The van der Waals surface area contributed by atoms with Crippen LogP contribution in [-0.2, 0) is 16.6 Å². The van der Waals surface area contributed by atoms with Gasteiger partial charge in [-0.1, -0.05) is 60.6 Å². The Morgan fingerprint density at radius 1 is 1.08 bits per heavy atom. The van der Waals surface area contributed by atoms with Gasteiger partial charge in [-0.25, -0.2) is 0 Å². The van der Waals surface area contributed by atoms with Crippen molar-refractivity contribution in [3.63, 3.8) is 0 Å². The summed E-state index contributed by atoms with van der Waals surface area (Å²) in [4.78, 5) is 20.5. The van der Waals surface area contributed by atoms with E-state index >= 15 is 0 Å². The lowest BCUT2D eigenvalue weighted by Crippen LogP contribution is -2.82. The molecule has 1 amide bonds. The zero-order valence-corrected chi connectivity index (χ0v) is 23.5. The second kappa shape index (κ2) is 10.6. The minimum atomic E-state index is -0.329. The van der Waals surface area contributed by atoms with Gasteiger partial charge in [-0.2, -0.15) is 4.98 Å². The van der Waals surface area contributed by atoms with Gasteiger partial charge in [-0.05, 0) is 81.0 Å². The van der Waals surface area contributed by atoms with Crippen LogP contribution in [0.5, 0.6) is 0 Å². The van der Waals surface area contributed by atoms with Gasteiger partial charge in [0.05, 0.1) is 24.5 Å². The highest BCUT2D eigenvalue weighted by molar-refractivity contribution is 6.28. The van der Waals surface area contributed by atoms with Crippen molar-refractivity contribution in [2.24, 2.45) is 5.92 Å². The number of allylic oxidation sites excluding steroid dienone is 1. The number of aromatic nitrogens is 1. The largest absolute Gasteiger partial charge is 0.345 e. The second-order valence-electron chi connectivity index (χ2n) is 12.2. The molecule has 1 saturated carbocycles. The Kier molecular flexibility index (Phi) is 7.22. The number of aryl methyl sites for hydroxylation is 1. The molecule has 3 fully saturated rings. The third-order valence-corrected chi connectivity index (χ3v) is 10.2. The number of hydrogen-bond donors (Lipinski definition) is 1. The number of pyridine rings is 1. The number of carbonyl (C=O) groups is 1. The molecule has 200 valence electrons. The fourth-order valence-electron chi connectivity index (χ4n) is 8.14. The van der Waals surface area contributed by atoms with Crippen LogP contribution in [0.25, 0.3) is 0 Å². The zero-order valence-electron chi connectivity index (χ0n) is 22.7. The second-order valence-corrected chi connectivity index (χ2v) is 12.6. The van der Waals surface area contributed by atoms with E-state index in [1.165, 1.54) is 54.5 Å². The van der Waals surface area contributed by atoms with E-state index < -0.39 is 0 Å². The number of halogens is 1. The van der Waals surface area contributed by atoms with Crippen molar-refractivity contribution in [3.8, 4) is 0 Å². The van der Waals surface area contributed by atoms with Crippen LogP contribution in [-0.4, -0.2) is 36.0 Å². The first-order valence-corrected chi connectivity index (χ1v) is 15.1. The van der Waals surface area contributed by atoms with Gasteiger partial charge in [0.2, 0.25) is 5.91 Å². The minimum absolute atomic E-state index is 0.105. The lowest BCUT2D eigenvalue weighted by Gasteiger charge is -2.46. The summed E-state index contributed by atoms with van der Waals surface area (Å²) in [7, 11) is 0. The van der Waals surface area contributed by atoms with E-state index in [9.17, 15) is 4.79 Å². The van der Waals surface area contributed by atoms with E-state index in [0.29, 0.717) is 17.0 Å². The predicted octanol–water partition coefficient (Wildman–Crippen LogP) is 5.14. The maximum atomic E-state index is 14.8. The Morgan fingerprint density at radius 3 is 2.66 bits per heavy atom. The molecule has 38 heavy (non-hydrogen) atoms. The highest BCUT2D eigenvalue weighted by atomic mass is 35.5. The van der Waals surface area contributed by atoms with Crippen molar-refractivity contribution in [2.75, 3.05) is 13.1 Å². The number of hydrogen-bond acceptors (Lipinski definition) is 1. The summed E-state index contributed by atoms with van der Waals surface area (Å²) < 4.78 is 0. The number of amides is 1. The summed E-state index contributed by atoms with van der Waals surface area (Å²) in [6.07, 6.45) is 12.6. The third-order valence-electron chi connectivity index (χ3n) is 9.97. The van der Waals surface area contributed by atoms with Gasteiger partial charge in [0, 0.05) is 24.1 Å². The standard InChI is InChI=1S/C33H40ClN3O/c1-22-13-15-30-28(14-16-31(34)36-30)33(22)21-35-20-29(33)32(38)37-23(2)17-26(25-11-7-4-8-12-25)19-27(37)18-24-9-5-3-6-10-24/h4,7-8,11-12,14,16,18,23,26-27,29,35H,1,3,5-6,9-10,13,15,17,19-21H2,2H3/p+2/t23?,26-,27-,29+,33-/m1/s1. The van der Waals surface area contributed by atoms with Gasteiger partial charge in [-0.15, -0.1) is 0 Å². The lowest BCUT2D eigenvalue weighted by atomic mass is 9.62. The summed E-state index contributed by atoms with van der Waals surface area (Å²) >= 11 is 6.36. The van der Waals surface area contributed by atoms with Crippen molar-refractivity contribution in [3.05, 3.63) is 88.2 Å². The van der Waals surface area contributed by atoms with E-state index in [2.05, 4.69) is 71.2 Å². The highest BCUT2D eigenvalue weighted by Gasteiger charge is 2.58. The van der Waals surface area contributed by atoms with Crippen molar-refractivity contribution in [1.29, 1.82) is 0 Å². The van der Waals surface area contributed by atoms with E-state index in [1.54, 1.807) is 5.57 Å². The molecule has 5 atom stereocenters. The minimum Gasteiger partial charge on any atom is -0.345 e. The Morgan fingerprint density at radius 2 is 1.87 bits per heavy atom. The summed E-state index contributed by atoms with van der Waals surface area (Å²) in [5, 5.41) is 3.00. The fourth-order valence-corrected chi connectivity index (χ4v) is 8.32. The molecule has 6 rings (SSSR count). The Bertz CT molecular complexity index is 1230. The van der Waals surface area contributed by atoms with E-state index in [0.717, 1.165) is 38.8 Å². The van der Waals surface area contributed by atoms with Crippen molar-refractivity contribution in [2.45, 2.75) is 88.1 Å². The molecule has 1 spiro atoms. The first-order chi connectivity index (χ1) is 18.5. The van der Waals surface area contributed by atoms with E-state index in [-0.39, 0.29) is 23.4 Å². The molecule has 0 radical (unpaired) electrons. The smallest absolute Gasteiger partial charge is 0.273 e. The monoisotopic (exact) mass is 531 g/mol. The number of nitrogens with two attached hydrogens (primary N) is 1. The topological polar surface area (TPSA) is 51.1 Å². The number of quaternary nitrogens is 1. The highest BCUT2D eigenvalue weighted by Crippen LogP contribution is 2.47. The Hall–Kier alpha value is -2.43. The number of fused-ring (bicyclic) bond motifs is 2. The molecular formula is C33H42ClN3O+2. The average Bonchev–Trinajstić information content (AvgIpc) is 3.37. The van der Waals surface area contributed by atoms with E-state index in [4.69, 9.17) is 11.6 Å². The fraction of sp³-hybridized carbons (Fsp3) is 0.515. The van der Waals surface area contributed by atoms with Gasteiger partial charge in [0.1, 0.15) is 5.92 Å². The Labute approximate surface area is 232 Å². The van der Waals surface area contributed by atoms with Gasteiger partial charge in [0.15, 0.2) is 5.69 Å². The van der Waals surface area contributed by atoms with Gasteiger partial charge in [-0.3, -0.25) is 4.79 Å². The van der Waals surface area contributed by atoms with Crippen molar-refractivity contribution < 1.29 is 15.1 Å². The molecule has 2 aliphatic carbocycles. The number of likely N-dealkylation sites (tertiary alicyclic amines) is 1. The van der Waals surface area contributed by atoms with Crippen LogP contribution in [0.3, 0.4) is 0 Å². The molecular weight excluding hydrogens is 490 g/mol. The van der Waals surface area contributed by atoms with Crippen LogP contribution in [0.1, 0.15) is 81.0 Å². The summed E-state index contributed by atoms with van der Waals surface area (Å²) in [5.41, 5.74) is 6.26. The summed E-state index contributed by atoms with van der Waals surface area (Å²) in [5.74, 6) is 0.692. The van der Waals surface area contributed by atoms with Gasteiger partial charge < -0.3 is 10.2 Å². The summed E-state index contributed by atoms with van der Waals surface area (Å²) in [6.45, 7) is 8.56. The number of piperidine rings is 1. The molecule has 1 aromatic carbocycles. The number of nitrogens with zero attached hydrogens (tertiary/aromatic N) is 1. The molecule has 2 aliphatic heterocycles. The molecule has 0 bridgehead atoms. The molecule has 3 N–H and O–H groups in total. The number of aromatic amines is 1. The molecule has 1 aromatic heterocycles. The average molecular weight is 532 g/mol. The normalized spacial score (nSPS) is 31.4. The van der Waals surface area contributed by atoms with Gasteiger partial charge in [0.25, 0.3) is 5.15 Å². The zero-order chi connectivity index (χ0) is 26.3. The van der Waals surface area contributed by atoms with Crippen LogP contribution in [0, 0.1) is 5.92 Å². The molecule has 3 heterocycles. The van der Waals surface area contributed by atoms with Crippen molar-refractivity contribution in [1.82, 2.24) is 4.90 Å². The maximum absolute atomic E-state index is 14.8. The van der Waals surface area contributed by atoms with Crippen LogP contribution in [0.15, 0.2) is 66.3 Å². The van der Waals surface area contributed by atoms with Crippen LogP contribution in [0.4, 0.5) is 0 Å². The first-order valence-electron chi connectivity index (χ1n) is 14.7. The van der Waals surface area contributed by atoms with Crippen LogP contribution >= 0.6 is 11.6 Å². The third kappa shape index (κ3) is 4.54. The SMILES string of the molecule is C=C1CCc2[nH+]c(Cl)ccc2[C@@]12C[NH2+]C[C@H]2C(=O)N1C(C)C[C@@H](c2ccccc2)C[C@H]1C=C1CCCCC1. The molecule has 4 aliphatic rings. The number of H-pyrrole nitrogens is 1. The Balaban J connectivity index is 1.37. The van der Waals surface area contributed by atoms with Gasteiger partial charge >= 0.3 is 0 Å².